The van der Waals surface area contributed by atoms with Gasteiger partial charge in [-0.15, -0.1) is 11.3 Å². The van der Waals surface area contributed by atoms with E-state index in [2.05, 4.69) is 10.3 Å². The summed E-state index contributed by atoms with van der Waals surface area (Å²) in [7, 11) is 0. The second kappa shape index (κ2) is 6.01. The number of nitrogens with zero attached hydrogens (tertiary/aromatic N) is 2. The lowest BCUT2D eigenvalue weighted by atomic mass is 10.1. The van der Waals surface area contributed by atoms with E-state index in [9.17, 15) is 14.9 Å². The van der Waals surface area contributed by atoms with Gasteiger partial charge in [0.25, 0.3) is 11.6 Å². The van der Waals surface area contributed by atoms with E-state index in [0.29, 0.717) is 16.6 Å². The number of benzene rings is 1. The SMILES string of the molecule is Cc1ccc(C(=O)Nc2ncc(C(C)C)s2)cc1[N+](=O)[O-]. The molecule has 0 aliphatic rings. The van der Waals surface area contributed by atoms with E-state index in [1.54, 1.807) is 25.3 Å². The summed E-state index contributed by atoms with van der Waals surface area (Å²) in [6, 6.07) is 4.41. The number of nitrogens with one attached hydrogen (secondary N) is 1. The van der Waals surface area contributed by atoms with Gasteiger partial charge in [0.05, 0.1) is 4.92 Å². The van der Waals surface area contributed by atoms with Gasteiger partial charge in [0.2, 0.25) is 0 Å². The molecule has 1 aromatic carbocycles. The molecule has 0 aliphatic heterocycles. The van der Waals surface area contributed by atoms with Crippen LogP contribution in [0, 0.1) is 17.0 Å². The van der Waals surface area contributed by atoms with Gasteiger partial charge in [0.1, 0.15) is 0 Å². The molecule has 2 aromatic rings. The highest BCUT2D eigenvalue weighted by molar-refractivity contribution is 7.15. The predicted molar refractivity (Wildman–Crippen MR) is 82.0 cm³/mol. The lowest BCUT2D eigenvalue weighted by molar-refractivity contribution is -0.385. The van der Waals surface area contributed by atoms with Gasteiger partial charge in [-0.05, 0) is 18.9 Å². The molecule has 0 saturated heterocycles. The molecule has 7 heteroatoms. The molecule has 0 bridgehead atoms. The molecule has 0 saturated carbocycles. The first-order chi connectivity index (χ1) is 9.88. The molecule has 1 amide bonds. The number of hydrogen-bond donors (Lipinski definition) is 1. The summed E-state index contributed by atoms with van der Waals surface area (Å²) in [4.78, 5) is 27.7. The molecular weight excluding hydrogens is 290 g/mol. The third kappa shape index (κ3) is 3.43. The molecule has 0 aliphatic carbocycles. The minimum absolute atomic E-state index is 0.0651. The van der Waals surface area contributed by atoms with Crippen LogP contribution in [0.2, 0.25) is 0 Å². The number of carbonyl (C=O) groups excluding carboxylic acids is 1. The Morgan fingerprint density at radius 2 is 2.14 bits per heavy atom. The van der Waals surface area contributed by atoms with Crippen molar-refractivity contribution >= 4 is 28.1 Å². The fourth-order valence-corrected chi connectivity index (χ4v) is 2.54. The highest BCUT2D eigenvalue weighted by Gasteiger charge is 2.16. The zero-order valence-corrected chi connectivity index (χ0v) is 12.7. The molecule has 6 nitrogen and oxygen atoms in total. The van der Waals surface area contributed by atoms with Crippen molar-refractivity contribution in [3.8, 4) is 0 Å². The van der Waals surface area contributed by atoms with Crippen molar-refractivity contribution in [2.75, 3.05) is 5.32 Å². The van der Waals surface area contributed by atoms with Crippen LogP contribution in [0.1, 0.15) is 40.6 Å². The minimum Gasteiger partial charge on any atom is -0.298 e. The molecule has 0 unspecified atom stereocenters. The van der Waals surface area contributed by atoms with Crippen LogP contribution < -0.4 is 5.32 Å². The Kier molecular flexibility index (Phi) is 4.32. The van der Waals surface area contributed by atoms with Crippen molar-refractivity contribution in [1.29, 1.82) is 0 Å². The minimum atomic E-state index is -0.494. The summed E-state index contributed by atoms with van der Waals surface area (Å²) in [6.07, 6.45) is 1.72. The molecule has 110 valence electrons. The smallest absolute Gasteiger partial charge is 0.273 e. The lowest BCUT2D eigenvalue weighted by Gasteiger charge is -2.03. The Balaban J connectivity index is 2.20. The van der Waals surface area contributed by atoms with Crippen LogP contribution in [-0.2, 0) is 0 Å². The van der Waals surface area contributed by atoms with E-state index in [-0.39, 0.29) is 11.3 Å². The van der Waals surface area contributed by atoms with Crippen LogP contribution in [-0.4, -0.2) is 15.8 Å². The largest absolute Gasteiger partial charge is 0.298 e. The number of nitro benzene ring substituents is 1. The van der Waals surface area contributed by atoms with Crippen molar-refractivity contribution in [2.24, 2.45) is 0 Å². The molecule has 1 N–H and O–H groups in total. The molecular formula is C14H15N3O3S. The van der Waals surface area contributed by atoms with E-state index >= 15 is 0 Å². The third-order valence-corrected chi connectivity index (χ3v) is 4.19. The number of aryl methyl sites for hydroxylation is 1. The fourth-order valence-electron chi connectivity index (χ4n) is 1.73. The third-order valence-electron chi connectivity index (χ3n) is 2.98. The van der Waals surface area contributed by atoms with Gasteiger partial charge in [-0.1, -0.05) is 19.9 Å². The summed E-state index contributed by atoms with van der Waals surface area (Å²) in [5, 5.41) is 14.1. The number of amides is 1. The van der Waals surface area contributed by atoms with Crippen molar-refractivity contribution < 1.29 is 9.72 Å². The summed E-state index contributed by atoms with van der Waals surface area (Å²) in [5.74, 6) is -0.0589. The maximum Gasteiger partial charge on any atom is 0.273 e. The summed E-state index contributed by atoms with van der Waals surface area (Å²) < 4.78 is 0. The van der Waals surface area contributed by atoms with Crippen molar-refractivity contribution in [2.45, 2.75) is 26.7 Å². The van der Waals surface area contributed by atoms with Gasteiger partial charge in [-0.3, -0.25) is 20.2 Å². The van der Waals surface area contributed by atoms with Crippen molar-refractivity contribution in [1.82, 2.24) is 4.98 Å². The molecule has 0 fully saturated rings. The number of nitro groups is 1. The Morgan fingerprint density at radius 3 is 2.71 bits per heavy atom. The lowest BCUT2D eigenvalue weighted by Crippen LogP contribution is -2.12. The standard InChI is InChI=1S/C14H15N3O3S/c1-8(2)12-7-15-14(21-12)16-13(18)10-5-4-9(3)11(6-10)17(19)20/h4-8H,1-3H3,(H,15,16,18). The average Bonchev–Trinajstić information content (AvgIpc) is 2.87. The van der Waals surface area contributed by atoms with Crippen LogP contribution in [0.15, 0.2) is 24.4 Å². The van der Waals surface area contributed by atoms with Crippen LogP contribution in [0.25, 0.3) is 0 Å². The zero-order chi connectivity index (χ0) is 15.6. The van der Waals surface area contributed by atoms with E-state index in [4.69, 9.17) is 0 Å². The normalized spacial score (nSPS) is 10.7. The van der Waals surface area contributed by atoms with Gasteiger partial charge in [-0.2, -0.15) is 0 Å². The van der Waals surface area contributed by atoms with E-state index in [1.165, 1.54) is 17.4 Å². The first-order valence-electron chi connectivity index (χ1n) is 6.40. The zero-order valence-electron chi connectivity index (χ0n) is 11.9. The highest BCUT2D eigenvalue weighted by Crippen LogP contribution is 2.26. The monoisotopic (exact) mass is 305 g/mol. The second-order valence-corrected chi connectivity index (χ2v) is 6.00. The van der Waals surface area contributed by atoms with E-state index in [0.717, 1.165) is 4.88 Å². The van der Waals surface area contributed by atoms with Gasteiger partial charge in [-0.25, -0.2) is 4.98 Å². The number of anilines is 1. The van der Waals surface area contributed by atoms with Gasteiger partial charge >= 0.3 is 0 Å². The number of aromatic nitrogens is 1. The Morgan fingerprint density at radius 1 is 1.43 bits per heavy atom. The van der Waals surface area contributed by atoms with Gasteiger partial charge < -0.3 is 0 Å². The van der Waals surface area contributed by atoms with E-state index in [1.807, 2.05) is 13.8 Å². The maximum absolute atomic E-state index is 12.1. The Labute approximate surface area is 126 Å². The molecule has 1 aromatic heterocycles. The predicted octanol–water partition coefficient (Wildman–Crippen LogP) is 3.74. The average molecular weight is 305 g/mol. The first kappa shape index (κ1) is 15.1. The molecule has 1 heterocycles. The fraction of sp³-hybridized carbons (Fsp3) is 0.286. The number of hydrogen-bond acceptors (Lipinski definition) is 5. The van der Waals surface area contributed by atoms with Crippen molar-refractivity contribution in [3.63, 3.8) is 0 Å². The molecule has 2 rings (SSSR count). The maximum atomic E-state index is 12.1. The van der Waals surface area contributed by atoms with Crippen LogP contribution >= 0.6 is 11.3 Å². The molecule has 0 atom stereocenters. The molecule has 0 radical (unpaired) electrons. The number of thiazole rings is 1. The topological polar surface area (TPSA) is 85.1 Å². The van der Waals surface area contributed by atoms with Crippen molar-refractivity contribution in [3.05, 3.63) is 50.5 Å². The number of carbonyl (C=O) groups is 1. The summed E-state index contributed by atoms with van der Waals surface area (Å²) in [5.41, 5.74) is 0.700. The first-order valence-corrected chi connectivity index (χ1v) is 7.22. The summed E-state index contributed by atoms with van der Waals surface area (Å²) >= 11 is 1.40. The number of rotatable bonds is 4. The Hall–Kier alpha value is -2.28. The van der Waals surface area contributed by atoms with E-state index < -0.39 is 10.8 Å². The van der Waals surface area contributed by atoms with Crippen LogP contribution in [0.4, 0.5) is 10.8 Å². The van der Waals surface area contributed by atoms with Gasteiger partial charge in [0.15, 0.2) is 5.13 Å². The highest BCUT2D eigenvalue weighted by atomic mass is 32.1. The quantitative estimate of drug-likeness (QED) is 0.688. The molecule has 21 heavy (non-hydrogen) atoms. The second-order valence-electron chi connectivity index (χ2n) is 4.93. The Bertz CT molecular complexity index is 695. The molecule has 0 spiro atoms. The van der Waals surface area contributed by atoms with Crippen LogP contribution in [0.5, 0.6) is 0 Å². The summed E-state index contributed by atoms with van der Waals surface area (Å²) in [6.45, 7) is 5.72. The van der Waals surface area contributed by atoms with Crippen LogP contribution in [0.3, 0.4) is 0 Å². The van der Waals surface area contributed by atoms with Gasteiger partial charge in [0, 0.05) is 28.3 Å².